The van der Waals surface area contributed by atoms with Gasteiger partial charge in [0.15, 0.2) is 0 Å². The lowest BCUT2D eigenvalue weighted by atomic mass is 10.0. The molecule has 0 aliphatic heterocycles. The average molecular weight is 633 g/mol. The Morgan fingerprint density at radius 3 is 2.29 bits per heavy atom. The second-order valence-corrected chi connectivity index (χ2v) is 13.3. The van der Waals surface area contributed by atoms with E-state index in [1.165, 1.54) is 4.31 Å². The van der Waals surface area contributed by atoms with Crippen molar-refractivity contribution < 1.29 is 18.0 Å². The van der Waals surface area contributed by atoms with Crippen molar-refractivity contribution in [3.63, 3.8) is 0 Å². The van der Waals surface area contributed by atoms with Gasteiger partial charge >= 0.3 is 0 Å². The van der Waals surface area contributed by atoms with Gasteiger partial charge in [-0.1, -0.05) is 84.7 Å². The van der Waals surface area contributed by atoms with Crippen LogP contribution in [0.4, 0.5) is 5.69 Å². The Labute approximate surface area is 259 Å². The molecule has 0 saturated heterocycles. The van der Waals surface area contributed by atoms with Crippen LogP contribution in [0.1, 0.15) is 49.8 Å². The first kappa shape index (κ1) is 33.4. The van der Waals surface area contributed by atoms with Crippen molar-refractivity contribution >= 4 is 50.7 Å². The SMILES string of the molecule is CC[C@@H](C)NC(=O)[C@H](Cc1ccccc1)N(Cc1ccccc1Cl)C(=O)CCCN(c1cc(Cl)ccc1C)S(C)(=O)=O. The molecule has 0 saturated carbocycles. The summed E-state index contributed by atoms with van der Waals surface area (Å²) >= 11 is 12.7. The van der Waals surface area contributed by atoms with Crippen LogP contribution in [-0.2, 0) is 32.6 Å². The molecule has 3 aromatic carbocycles. The Morgan fingerprint density at radius 2 is 1.64 bits per heavy atom. The minimum Gasteiger partial charge on any atom is -0.352 e. The summed E-state index contributed by atoms with van der Waals surface area (Å²) in [6, 6.07) is 21.0. The molecule has 3 rings (SSSR count). The van der Waals surface area contributed by atoms with Crippen LogP contribution in [0.5, 0.6) is 0 Å². The predicted octanol–water partition coefficient (Wildman–Crippen LogP) is 6.40. The number of anilines is 1. The zero-order valence-electron chi connectivity index (χ0n) is 24.5. The quantitative estimate of drug-likeness (QED) is 0.223. The van der Waals surface area contributed by atoms with Crippen LogP contribution in [0.2, 0.25) is 10.0 Å². The fourth-order valence-corrected chi connectivity index (χ4v) is 6.02. The minimum atomic E-state index is -3.65. The molecule has 3 aromatic rings. The van der Waals surface area contributed by atoms with Gasteiger partial charge < -0.3 is 10.2 Å². The maximum absolute atomic E-state index is 14.0. The van der Waals surface area contributed by atoms with Crippen molar-refractivity contribution in [1.82, 2.24) is 10.2 Å². The first-order chi connectivity index (χ1) is 19.9. The molecule has 0 bridgehead atoms. The molecule has 10 heteroatoms. The summed E-state index contributed by atoms with van der Waals surface area (Å²) < 4.78 is 26.7. The predicted molar refractivity (Wildman–Crippen MR) is 171 cm³/mol. The normalized spacial score (nSPS) is 12.8. The Hall–Kier alpha value is -3.07. The average Bonchev–Trinajstić information content (AvgIpc) is 2.95. The number of rotatable bonds is 14. The summed E-state index contributed by atoms with van der Waals surface area (Å²) in [6.45, 7) is 5.93. The highest BCUT2D eigenvalue weighted by molar-refractivity contribution is 7.92. The van der Waals surface area contributed by atoms with Gasteiger partial charge in [0.1, 0.15) is 6.04 Å². The number of carbonyl (C=O) groups is 2. The van der Waals surface area contributed by atoms with Gasteiger partial charge in [-0.25, -0.2) is 8.42 Å². The number of aryl methyl sites for hydroxylation is 1. The highest BCUT2D eigenvalue weighted by atomic mass is 35.5. The molecule has 2 amide bonds. The van der Waals surface area contributed by atoms with Gasteiger partial charge in [-0.3, -0.25) is 13.9 Å². The maximum Gasteiger partial charge on any atom is 0.243 e. The van der Waals surface area contributed by atoms with E-state index >= 15 is 0 Å². The zero-order valence-corrected chi connectivity index (χ0v) is 26.8. The van der Waals surface area contributed by atoms with Crippen LogP contribution in [0.3, 0.4) is 0 Å². The largest absolute Gasteiger partial charge is 0.352 e. The van der Waals surface area contributed by atoms with E-state index in [-0.39, 0.29) is 43.8 Å². The molecule has 2 atom stereocenters. The van der Waals surface area contributed by atoms with Gasteiger partial charge in [0.25, 0.3) is 0 Å². The minimum absolute atomic E-state index is 0.0258. The van der Waals surface area contributed by atoms with Crippen molar-refractivity contribution in [3.05, 3.63) is 99.5 Å². The summed E-state index contributed by atoms with van der Waals surface area (Å²) in [5.41, 5.74) is 2.86. The summed E-state index contributed by atoms with van der Waals surface area (Å²) in [4.78, 5) is 29.2. The highest BCUT2D eigenvalue weighted by Gasteiger charge is 2.31. The van der Waals surface area contributed by atoms with E-state index in [1.807, 2.05) is 69.3 Å². The number of hydrogen-bond acceptors (Lipinski definition) is 4. The maximum atomic E-state index is 14.0. The van der Waals surface area contributed by atoms with E-state index in [9.17, 15) is 18.0 Å². The van der Waals surface area contributed by atoms with E-state index in [4.69, 9.17) is 23.2 Å². The van der Waals surface area contributed by atoms with E-state index in [0.717, 1.165) is 23.8 Å². The van der Waals surface area contributed by atoms with Crippen molar-refractivity contribution in [2.45, 2.75) is 65.1 Å². The van der Waals surface area contributed by atoms with E-state index in [2.05, 4.69) is 5.32 Å². The number of sulfonamides is 1. The number of hydrogen-bond donors (Lipinski definition) is 1. The third kappa shape index (κ3) is 9.48. The van der Waals surface area contributed by atoms with Crippen LogP contribution < -0.4 is 9.62 Å². The van der Waals surface area contributed by atoms with Crippen molar-refractivity contribution in [3.8, 4) is 0 Å². The Balaban J connectivity index is 1.92. The van der Waals surface area contributed by atoms with Crippen molar-refractivity contribution in [2.75, 3.05) is 17.1 Å². The number of amides is 2. The van der Waals surface area contributed by atoms with Crippen LogP contribution in [-0.4, -0.2) is 50.0 Å². The number of nitrogens with zero attached hydrogens (tertiary/aromatic N) is 2. The summed E-state index contributed by atoms with van der Waals surface area (Å²) in [5, 5.41) is 3.96. The number of benzene rings is 3. The third-order valence-electron chi connectivity index (χ3n) is 7.16. The molecule has 0 unspecified atom stereocenters. The van der Waals surface area contributed by atoms with Gasteiger partial charge in [0, 0.05) is 42.0 Å². The number of carbonyl (C=O) groups excluding carboxylic acids is 2. The van der Waals surface area contributed by atoms with Crippen molar-refractivity contribution in [2.24, 2.45) is 0 Å². The molecule has 0 radical (unpaired) electrons. The molecule has 1 N–H and O–H groups in total. The van der Waals surface area contributed by atoms with Crippen LogP contribution in [0, 0.1) is 6.92 Å². The standard InChI is InChI=1S/C32H39Cl2N3O4S/c1-5-24(3)35-32(39)30(20-25-12-7-6-8-13-25)36(22-26-14-9-10-15-28(26)34)31(38)16-11-19-37(42(4,40)41)29-21-27(33)18-17-23(29)2/h6-10,12-15,17-18,21,24,30H,5,11,16,19-20,22H2,1-4H3,(H,35,39)/t24-,30+/m1/s1. The lowest BCUT2D eigenvalue weighted by Gasteiger charge is -2.33. The molecule has 7 nitrogen and oxygen atoms in total. The molecule has 0 aromatic heterocycles. The van der Waals surface area contributed by atoms with E-state index in [1.54, 1.807) is 29.2 Å². The molecule has 0 fully saturated rings. The molecule has 0 heterocycles. The van der Waals surface area contributed by atoms with E-state index in [0.29, 0.717) is 27.7 Å². The monoisotopic (exact) mass is 631 g/mol. The third-order valence-corrected chi connectivity index (χ3v) is 8.95. The molecule has 0 spiro atoms. The van der Waals surface area contributed by atoms with Crippen molar-refractivity contribution in [1.29, 1.82) is 0 Å². The summed E-state index contributed by atoms with van der Waals surface area (Å²) in [6.07, 6.45) is 2.46. The lowest BCUT2D eigenvalue weighted by molar-refractivity contribution is -0.141. The Morgan fingerprint density at radius 1 is 0.976 bits per heavy atom. The highest BCUT2D eigenvalue weighted by Crippen LogP contribution is 2.27. The fraction of sp³-hybridized carbons (Fsp3) is 0.375. The van der Waals surface area contributed by atoms with E-state index < -0.39 is 16.1 Å². The Kier molecular flexibility index (Phi) is 12.3. The van der Waals surface area contributed by atoms with Crippen LogP contribution >= 0.6 is 23.2 Å². The van der Waals surface area contributed by atoms with Gasteiger partial charge in [-0.15, -0.1) is 0 Å². The topological polar surface area (TPSA) is 86.8 Å². The van der Waals surface area contributed by atoms with Crippen LogP contribution in [0.15, 0.2) is 72.8 Å². The first-order valence-corrected chi connectivity index (χ1v) is 16.6. The second-order valence-electron chi connectivity index (χ2n) is 10.5. The Bertz CT molecular complexity index is 1470. The van der Waals surface area contributed by atoms with Gasteiger partial charge in [-0.05, 0) is 61.6 Å². The van der Waals surface area contributed by atoms with Gasteiger partial charge in [0.05, 0.1) is 11.9 Å². The molecule has 226 valence electrons. The van der Waals surface area contributed by atoms with Gasteiger partial charge in [0.2, 0.25) is 21.8 Å². The lowest BCUT2D eigenvalue weighted by Crippen LogP contribution is -2.52. The van der Waals surface area contributed by atoms with Crippen LogP contribution in [0.25, 0.3) is 0 Å². The van der Waals surface area contributed by atoms with Gasteiger partial charge in [-0.2, -0.15) is 0 Å². The molecular formula is C32H39Cl2N3O4S. The second kappa shape index (κ2) is 15.4. The number of nitrogens with one attached hydrogen (secondary N) is 1. The first-order valence-electron chi connectivity index (χ1n) is 14.0. The molecule has 0 aliphatic rings. The molecule has 0 aliphatic carbocycles. The zero-order chi connectivity index (χ0) is 30.9. The number of halogens is 2. The fourth-order valence-electron chi connectivity index (χ4n) is 4.64. The molecular weight excluding hydrogens is 593 g/mol. The summed E-state index contributed by atoms with van der Waals surface area (Å²) in [7, 11) is -3.65. The molecule has 42 heavy (non-hydrogen) atoms. The summed E-state index contributed by atoms with van der Waals surface area (Å²) in [5.74, 6) is -0.521. The smallest absolute Gasteiger partial charge is 0.243 e.